The molecule has 0 bridgehead atoms. The standard InChI is InChI=1S/C20H18ClF3N4O2S/c21-16-10-7-14(20(22,23)24)12-17(16)31(29,30)27-15-8-5-13(6-9-15)19-26-25-18-4-2-1-3-11-28(18)19/h5-10,12,27H,1-4,11H2. The van der Waals surface area contributed by atoms with E-state index in [1.54, 1.807) is 12.1 Å². The van der Waals surface area contributed by atoms with Crippen LogP contribution in [0.4, 0.5) is 18.9 Å². The van der Waals surface area contributed by atoms with E-state index in [2.05, 4.69) is 19.5 Å². The van der Waals surface area contributed by atoms with Crippen molar-refractivity contribution in [3.63, 3.8) is 0 Å². The molecule has 0 atom stereocenters. The Balaban J connectivity index is 1.59. The third kappa shape index (κ3) is 4.54. The number of sulfonamides is 1. The predicted molar refractivity (Wildman–Crippen MR) is 110 cm³/mol. The summed E-state index contributed by atoms with van der Waals surface area (Å²) < 4.78 is 68.6. The molecule has 1 aliphatic rings. The first-order valence-electron chi connectivity index (χ1n) is 9.57. The maximum Gasteiger partial charge on any atom is 0.416 e. The Labute approximate surface area is 182 Å². The monoisotopic (exact) mass is 470 g/mol. The summed E-state index contributed by atoms with van der Waals surface area (Å²) in [5, 5.41) is 8.20. The molecule has 164 valence electrons. The zero-order chi connectivity index (χ0) is 22.2. The van der Waals surface area contributed by atoms with Crippen LogP contribution in [0.2, 0.25) is 5.02 Å². The van der Waals surface area contributed by atoms with E-state index in [9.17, 15) is 21.6 Å². The summed E-state index contributed by atoms with van der Waals surface area (Å²) in [5.41, 5.74) is -0.145. The molecule has 1 aromatic heterocycles. The molecule has 0 unspecified atom stereocenters. The molecule has 31 heavy (non-hydrogen) atoms. The fourth-order valence-electron chi connectivity index (χ4n) is 3.48. The van der Waals surface area contributed by atoms with Gasteiger partial charge in [0.05, 0.1) is 10.6 Å². The number of rotatable bonds is 4. The molecular weight excluding hydrogens is 453 g/mol. The summed E-state index contributed by atoms with van der Waals surface area (Å²) in [4.78, 5) is -0.643. The first kappa shape index (κ1) is 21.6. The van der Waals surface area contributed by atoms with Crippen LogP contribution >= 0.6 is 11.6 Å². The highest BCUT2D eigenvalue weighted by molar-refractivity contribution is 7.92. The fourth-order valence-corrected chi connectivity index (χ4v) is 5.07. The van der Waals surface area contributed by atoms with Gasteiger partial charge in [0.15, 0.2) is 5.82 Å². The van der Waals surface area contributed by atoms with Gasteiger partial charge >= 0.3 is 6.18 Å². The van der Waals surface area contributed by atoms with Crippen LogP contribution in [-0.2, 0) is 29.2 Å². The van der Waals surface area contributed by atoms with Gasteiger partial charge in [-0.3, -0.25) is 4.72 Å². The van der Waals surface area contributed by atoms with Crippen LogP contribution in [0.3, 0.4) is 0 Å². The van der Waals surface area contributed by atoms with Gasteiger partial charge in [0.2, 0.25) is 0 Å². The lowest BCUT2D eigenvalue weighted by Gasteiger charge is -2.13. The summed E-state index contributed by atoms with van der Waals surface area (Å²) in [7, 11) is -4.33. The minimum atomic E-state index is -4.69. The van der Waals surface area contributed by atoms with Crippen molar-refractivity contribution in [2.45, 2.75) is 43.3 Å². The Kier molecular flexibility index (Phi) is 5.69. The number of hydrogen-bond donors (Lipinski definition) is 1. The maximum absolute atomic E-state index is 13.0. The number of hydrogen-bond acceptors (Lipinski definition) is 4. The summed E-state index contributed by atoms with van der Waals surface area (Å²) in [6.07, 6.45) is -0.596. The van der Waals surface area contributed by atoms with Gasteiger partial charge in [0, 0.05) is 24.2 Å². The average molecular weight is 471 g/mol. The number of nitrogens with one attached hydrogen (secondary N) is 1. The van der Waals surface area contributed by atoms with Gasteiger partial charge in [0.25, 0.3) is 10.0 Å². The molecule has 6 nitrogen and oxygen atoms in total. The minimum absolute atomic E-state index is 0.188. The van der Waals surface area contributed by atoms with E-state index in [1.807, 2.05) is 0 Å². The molecule has 11 heteroatoms. The topological polar surface area (TPSA) is 76.9 Å². The zero-order valence-corrected chi connectivity index (χ0v) is 17.7. The maximum atomic E-state index is 13.0. The van der Waals surface area contributed by atoms with E-state index in [0.717, 1.165) is 55.7 Å². The Bertz CT molecular complexity index is 1210. The lowest BCUT2D eigenvalue weighted by molar-refractivity contribution is -0.137. The van der Waals surface area contributed by atoms with E-state index in [4.69, 9.17) is 11.6 Å². The zero-order valence-electron chi connectivity index (χ0n) is 16.2. The van der Waals surface area contributed by atoms with Gasteiger partial charge in [-0.05, 0) is 55.3 Å². The molecule has 3 aromatic rings. The molecule has 0 saturated carbocycles. The predicted octanol–water partition coefficient (Wildman–Crippen LogP) is 5.14. The first-order valence-corrected chi connectivity index (χ1v) is 11.4. The van der Waals surface area contributed by atoms with Crippen molar-refractivity contribution in [1.82, 2.24) is 14.8 Å². The van der Waals surface area contributed by atoms with Crippen molar-refractivity contribution in [1.29, 1.82) is 0 Å². The number of fused-ring (bicyclic) bond motifs is 1. The molecule has 0 aliphatic carbocycles. The second-order valence-electron chi connectivity index (χ2n) is 7.23. The summed E-state index contributed by atoms with van der Waals surface area (Å²) >= 11 is 5.87. The number of anilines is 1. The Morgan fingerprint density at radius 2 is 1.74 bits per heavy atom. The van der Waals surface area contributed by atoms with Crippen LogP contribution in [0.1, 0.15) is 30.7 Å². The Morgan fingerprint density at radius 1 is 1.00 bits per heavy atom. The van der Waals surface area contributed by atoms with Crippen molar-refractivity contribution in [3.8, 4) is 11.4 Å². The molecule has 2 heterocycles. The van der Waals surface area contributed by atoms with Gasteiger partial charge in [-0.1, -0.05) is 18.0 Å². The quantitative estimate of drug-likeness (QED) is 0.572. The molecule has 0 saturated heterocycles. The number of nitrogens with zero attached hydrogens (tertiary/aromatic N) is 3. The van der Waals surface area contributed by atoms with Crippen LogP contribution in [0.15, 0.2) is 47.4 Å². The fraction of sp³-hybridized carbons (Fsp3) is 0.300. The van der Waals surface area contributed by atoms with E-state index >= 15 is 0 Å². The molecular formula is C20H18ClF3N4O2S. The smallest absolute Gasteiger partial charge is 0.311 e. The van der Waals surface area contributed by atoms with Crippen LogP contribution in [0, 0.1) is 0 Å². The molecule has 2 aromatic carbocycles. The van der Waals surface area contributed by atoms with Crippen LogP contribution in [0.25, 0.3) is 11.4 Å². The molecule has 4 rings (SSSR count). The van der Waals surface area contributed by atoms with Gasteiger partial charge in [-0.2, -0.15) is 13.2 Å². The number of aryl methyl sites for hydroxylation is 1. The molecule has 0 amide bonds. The normalized spacial score (nSPS) is 14.7. The number of aromatic nitrogens is 3. The molecule has 1 aliphatic heterocycles. The van der Waals surface area contributed by atoms with Gasteiger partial charge in [-0.25, -0.2) is 8.42 Å². The third-order valence-electron chi connectivity index (χ3n) is 5.05. The Hall–Kier alpha value is -2.59. The lowest BCUT2D eigenvalue weighted by atomic mass is 10.2. The van der Waals surface area contributed by atoms with Crippen LogP contribution in [0.5, 0.6) is 0 Å². The van der Waals surface area contributed by atoms with Crippen molar-refractivity contribution in [2.75, 3.05) is 4.72 Å². The third-order valence-corrected chi connectivity index (χ3v) is 6.92. The van der Waals surface area contributed by atoms with E-state index in [0.29, 0.717) is 11.9 Å². The van der Waals surface area contributed by atoms with Crippen molar-refractivity contribution in [2.24, 2.45) is 0 Å². The van der Waals surface area contributed by atoms with Crippen LogP contribution < -0.4 is 4.72 Å². The van der Waals surface area contributed by atoms with Gasteiger partial charge < -0.3 is 4.57 Å². The van der Waals surface area contributed by atoms with E-state index < -0.39 is 26.7 Å². The highest BCUT2D eigenvalue weighted by atomic mass is 35.5. The summed E-state index contributed by atoms with van der Waals surface area (Å²) in [6, 6.07) is 8.59. The van der Waals surface area contributed by atoms with E-state index in [1.165, 1.54) is 12.1 Å². The van der Waals surface area contributed by atoms with E-state index in [-0.39, 0.29) is 10.7 Å². The average Bonchev–Trinajstić information content (AvgIpc) is 2.96. The second-order valence-corrected chi connectivity index (χ2v) is 9.29. The lowest BCUT2D eigenvalue weighted by Crippen LogP contribution is -2.15. The number of halogens is 4. The van der Waals surface area contributed by atoms with Crippen molar-refractivity contribution >= 4 is 27.3 Å². The van der Waals surface area contributed by atoms with Crippen molar-refractivity contribution < 1.29 is 21.6 Å². The summed E-state index contributed by atoms with van der Waals surface area (Å²) in [5.74, 6) is 1.63. The highest BCUT2D eigenvalue weighted by Crippen LogP contribution is 2.34. The first-order chi connectivity index (χ1) is 14.6. The molecule has 0 fully saturated rings. The molecule has 1 N–H and O–H groups in total. The van der Waals surface area contributed by atoms with Crippen LogP contribution in [-0.4, -0.2) is 23.2 Å². The van der Waals surface area contributed by atoms with Crippen molar-refractivity contribution in [3.05, 3.63) is 58.9 Å². The van der Waals surface area contributed by atoms with Gasteiger partial charge in [-0.15, -0.1) is 10.2 Å². The molecule has 0 spiro atoms. The number of alkyl halides is 3. The minimum Gasteiger partial charge on any atom is -0.311 e. The second kappa shape index (κ2) is 8.16. The summed E-state index contributed by atoms with van der Waals surface area (Å²) in [6.45, 7) is 0.820. The molecule has 0 radical (unpaired) electrons. The number of benzene rings is 2. The SMILES string of the molecule is O=S(=O)(Nc1ccc(-c2nnc3n2CCCCC3)cc1)c1cc(C(F)(F)F)ccc1Cl. The largest absolute Gasteiger partial charge is 0.416 e. The highest BCUT2D eigenvalue weighted by Gasteiger charge is 2.32. The Morgan fingerprint density at radius 3 is 2.45 bits per heavy atom. The van der Waals surface area contributed by atoms with Gasteiger partial charge in [0.1, 0.15) is 10.7 Å².